The van der Waals surface area contributed by atoms with Crippen LogP contribution in [0, 0.1) is 6.92 Å². The lowest BCUT2D eigenvalue weighted by Crippen LogP contribution is -2.28. The SMILES string of the molecule is Cc1ccncc1NC(=O)C1(c2ccc(N)cc2)CC1. The molecule has 1 amide bonds. The number of carbonyl (C=O) groups excluding carboxylic acids is 1. The summed E-state index contributed by atoms with van der Waals surface area (Å²) in [6.45, 7) is 1.96. The van der Waals surface area contributed by atoms with Gasteiger partial charge in [-0.3, -0.25) is 9.78 Å². The molecule has 0 spiro atoms. The smallest absolute Gasteiger partial charge is 0.235 e. The van der Waals surface area contributed by atoms with Crippen molar-refractivity contribution in [3.8, 4) is 0 Å². The molecule has 20 heavy (non-hydrogen) atoms. The van der Waals surface area contributed by atoms with Gasteiger partial charge in [0.2, 0.25) is 5.91 Å². The summed E-state index contributed by atoms with van der Waals surface area (Å²) in [5.74, 6) is 0.0402. The van der Waals surface area contributed by atoms with Gasteiger partial charge in [0.25, 0.3) is 0 Å². The van der Waals surface area contributed by atoms with Crippen LogP contribution in [-0.4, -0.2) is 10.9 Å². The molecule has 3 N–H and O–H groups in total. The maximum atomic E-state index is 12.6. The first-order chi connectivity index (χ1) is 9.62. The third kappa shape index (κ3) is 2.13. The molecular weight excluding hydrogens is 250 g/mol. The van der Waals surface area contributed by atoms with Gasteiger partial charge in [0, 0.05) is 11.9 Å². The van der Waals surface area contributed by atoms with E-state index < -0.39 is 5.41 Å². The summed E-state index contributed by atoms with van der Waals surface area (Å²) in [6, 6.07) is 9.46. The van der Waals surface area contributed by atoms with Gasteiger partial charge in [-0.1, -0.05) is 12.1 Å². The number of anilines is 2. The molecule has 1 aromatic carbocycles. The number of aryl methyl sites for hydroxylation is 1. The molecule has 1 heterocycles. The normalized spacial score (nSPS) is 15.7. The Labute approximate surface area is 118 Å². The molecule has 1 aliphatic rings. The van der Waals surface area contributed by atoms with E-state index in [1.54, 1.807) is 12.4 Å². The molecule has 1 saturated carbocycles. The highest BCUT2D eigenvalue weighted by Crippen LogP contribution is 2.49. The van der Waals surface area contributed by atoms with Gasteiger partial charge in [-0.2, -0.15) is 0 Å². The fourth-order valence-corrected chi connectivity index (χ4v) is 2.41. The minimum atomic E-state index is -0.393. The fourth-order valence-electron chi connectivity index (χ4n) is 2.41. The highest BCUT2D eigenvalue weighted by atomic mass is 16.2. The number of pyridine rings is 1. The van der Waals surface area contributed by atoms with E-state index in [1.165, 1.54) is 0 Å². The van der Waals surface area contributed by atoms with Crippen LogP contribution >= 0.6 is 0 Å². The van der Waals surface area contributed by atoms with Gasteiger partial charge < -0.3 is 11.1 Å². The van der Waals surface area contributed by atoms with E-state index in [9.17, 15) is 4.79 Å². The molecule has 4 nitrogen and oxygen atoms in total. The van der Waals surface area contributed by atoms with E-state index in [-0.39, 0.29) is 5.91 Å². The predicted molar refractivity (Wildman–Crippen MR) is 79.4 cm³/mol. The topological polar surface area (TPSA) is 68.0 Å². The summed E-state index contributed by atoms with van der Waals surface area (Å²) in [7, 11) is 0. The third-order valence-corrected chi connectivity index (χ3v) is 3.94. The first kappa shape index (κ1) is 12.7. The van der Waals surface area contributed by atoms with E-state index in [1.807, 2.05) is 37.3 Å². The number of amides is 1. The van der Waals surface area contributed by atoms with Crippen LogP contribution < -0.4 is 11.1 Å². The number of hydrogen-bond donors (Lipinski definition) is 2. The zero-order valence-corrected chi connectivity index (χ0v) is 11.4. The van der Waals surface area contributed by atoms with E-state index in [0.717, 1.165) is 29.7 Å². The Morgan fingerprint density at radius 3 is 2.55 bits per heavy atom. The standard InChI is InChI=1S/C16H17N3O/c1-11-6-9-18-10-14(11)19-15(20)16(7-8-16)12-2-4-13(17)5-3-12/h2-6,9-10H,7-8,17H2,1H3,(H,19,20). The second-order valence-corrected chi connectivity index (χ2v) is 5.35. The van der Waals surface area contributed by atoms with Crippen LogP contribution in [0.3, 0.4) is 0 Å². The first-order valence-corrected chi connectivity index (χ1v) is 6.70. The number of rotatable bonds is 3. The maximum Gasteiger partial charge on any atom is 0.235 e. The summed E-state index contributed by atoms with van der Waals surface area (Å²) in [5.41, 5.74) is 8.85. The van der Waals surface area contributed by atoms with E-state index in [2.05, 4.69) is 10.3 Å². The molecule has 102 valence electrons. The van der Waals surface area contributed by atoms with Crippen molar-refractivity contribution >= 4 is 17.3 Å². The molecule has 1 fully saturated rings. The molecule has 0 bridgehead atoms. The third-order valence-electron chi connectivity index (χ3n) is 3.94. The van der Waals surface area contributed by atoms with Crippen molar-refractivity contribution in [2.24, 2.45) is 0 Å². The number of aromatic nitrogens is 1. The maximum absolute atomic E-state index is 12.6. The summed E-state index contributed by atoms with van der Waals surface area (Å²) in [5, 5.41) is 2.99. The van der Waals surface area contributed by atoms with E-state index in [0.29, 0.717) is 5.69 Å². The summed E-state index contributed by atoms with van der Waals surface area (Å²) in [6.07, 6.45) is 5.16. The number of nitrogen functional groups attached to an aromatic ring is 1. The fraction of sp³-hybridized carbons (Fsp3) is 0.250. The Morgan fingerprint density at radius 1 is 1.25 bits per heavy atom. The van der Waals surface area contributed by atoms with E-state index in [4.69, 9.17) is 5.73 Å². The average molecular weight is 267 g/mol. The van der Waals surface area contributed by atoms with Gasteiger partial charge in [-0.05, 0) is 49.1 Å². The zero-order chi connectivity index (χ0) is 14.2. The van der Waals surface area contributed by atoms with Crippen molar-refractivity contribution in [3.63, 3.8) is 0 Å². The minimum Gasteiger partial charge on any atom is -0.399 e. The number of carbonyl (C=O) groups is 1. The van der Waals surface area contributed by atoms with Crippen LogP contribution in [0.2, 0.25) is 0 Å². The van der Waals surface area contributed by atoms with Crippen LogP contribution in [0.25, 0.3) is 0 Å². The highest BCUT2D eigenvalue weighted by molar-refractivity contribution is 6.01. The number of benzene rings is 1. The van der Waals surface area contributed by atoms with Gasteiger partial charge >= 0.3 is 0 Å². The monoisotopic (exact) mass is 267 g/mol. The van der Waals surface area contributed by atoms with Gasteiger partial charge in [-0.15, -0.1) is 0 Å². The van der Waals surface area contributed by atoms with Gasteiger partial charge in [-0.25, -0.2) is 0 Å². The molecular formula is C16H17N3O. The molecule has 0 unspecified atom stereocenters. The van der Waals surface area contributed by atoms with Crippen molar-refractivity contribution in [2.75, 3.05) is 11.1 Å². The number of nitrogens with zero attached hydrogens (tertiary/aromatic N) is 1. The predicted octanol–water partition coefficient (Wildman–Crippen LogP) is 2.64. The minimum absolute atomic E-state index is 0.0402. The molecule has 1 aliphatic carbocycles. The number of nitrogens with two attached hydrogens (primary N) is 1. The van der Waals surface area contributed by atoms with Crippen molar-refractivity contribution in [1.82, 2.24) is 4.98 Å². The van der Waals surface area contributed by atoms with Gasteiger partial charge in [0.05, 0.1) is 17.3 Å². The molecule has 3 rings (SSSR count). The second-order valence-electron chi connectivity index (χ2n) is 5.35. The van der Waals surface area contributed by atoms with Gasteiger partial charge in [0.15, 0.2) is 0 Å². The van der Waals surface area contributed by atoms with Crippen molar-refractivity contribution in [2.45, 2.75) is 25.2 Å². The van der Waals surface area contributed by atoms with Crippen LogP contribution in [-0.2, 0) is 10.2 Å². The molecule has 0 saturated heterocycles. The van der Waals surface area contributed by atoms with Crippen LogP contribution in [0.1, 0.15) is 24.0 Å². The number of nitrogens with one attached hydrogen (secondary N) is 1. The lowest BCUT2D eigenvalue weighted by atomic mass is 9.94. The number of hydrogen-bond acceptors (Lipinski definition) is 3. The van der Waals surface area contributed by atoms with Gasteiger partial charge in [0.1, 0.15) is 0 Å². The zero-order valence-electron chi connectivity index (χ0n) is 11.4. The van der Waals surface area contributed by atoms with Crippen molar-refractivity contribution in [1.29, 1.82) is 0 Å². The molecule has 0 aliphatic heterocycles. The van der Waals surface area contributed by atoms with Crippen LogP contribution in [0.5, 0.6) is 0 Å². The van der Waals surface area contributed by atoms with Crippen molar-refractivity contribution < 1.29 is 4.79 Å². The van der Waals surface area contributed by atoms with E-state index >= 15 is 0 Å². The average Bonchev–Trinajstić information content (AvgIpc) is 3.24. The Balaban J connectivity index is 1.84. The first-order valence-electron chi connectivity index (χ1n) is 6.70. The molecule has 4 heteroatoms. The Kier molecular flexibility index (Phi) is 2.93. The second kappa shape index (κ2) is 4.63. The highest BCUT2D eigenvalue weighted by Gasteiger charge is 2.51. The lowest BCUT2D eigenvalue weighted by Gasteiger charge is -2.16. The van der Waals surface area contributed by atoms with Crippen LogP contribution in [0.15, 0.2) is 42.7 Å². The largest absolute Gasteiger partial charge is 0.399 e. The van der Waals surface area contributed by atoms with Crippen molar-refractivity contribution in [3.05, 3.63) is 53.9 Å². The molecule has 2 aromatic rings. The summed E-state index contributed by atoms with van der Waals surface area (Å²) < 4.78 is 0. The molecule has 0 atom stereocenters. The quantitative estimate of drug-likeness (QED) is 0.840. The lowest BCUT2D eigenvalue weighted by molar-refractivity contribution is -0.118. The Morgan fingerprint density at radius 2 is 1.95 bits per heavy atom. The Hall–Kier alpha value is -2.36. The summed E-state index contributed by atoms with van der Waals surface area (Å²) >= 11 is 0. The molecule has 1 aromatic heterocycles. The Bertz CT molecular complexity index is 645. The summed E-state index contributed by atoms with van der Waals surface area (Å²) in [4.78, 5) is 16.6. The van der Waals surface area contributed by atoms with Crippen LogP contribution in [0.4, 0.5) is 11.4 Å². The molecule has 0 radical (unpaired) electrons.